The lowest BCUT2D eigenvalue weighted by Crippen LogP contribution is -2.46. The molecule has 0 bridgehead atoms. The molecule has 2 aromatic carbocycles. The first-order valence-corrected chi connectivity index (χ1v) is 9.04. The average Bonchev–Trinajstić information content (AvgIpc) is 2.62. The Labute approximate surface area is 158 Å². The van der Waals surface area contributed by atoms with Gasteiger partial charge in [0.05, 0.1) is 11.1 Å². The number of amides is 2. The van der Waals surface area contributed by atoms with Crippen LogP contribution in [0.15, 0.2) is 46.9 Å². The molecule has 1 aliphatic heterocycles. The third kappa shape index (κ3) is 4.09. The largest absolute Gasteiger partial charge is 0.349 e. The number of hydrogen-bond donors (Lipinski definition) is 1. The summed E-state index contributed by atoms with van der Waals surface area (Å²) in [5, 5.41) is 2.76. The van der Waals surface area contributed by atoms with Gasteiger partial charge in [-0.1, -0.05) is 12.1 Å². The number of carbonyl (C=O) groups is 2. The standard InChI is InChI=1S/C19H17BrF2N2O2/c20-16-4-2-1-3-14(16)19(26)24-9-7-13(8-10-24)23-18(25)15-6-5-12(21)11-17(15)22/h1-6,11,13H,7-10H2,(H,23,25). The van der Waals surface area contributed by atoms with Crippen molar-refractivity contribution in [2.45, 2.75) is 18.9 Å². The molecule has 1 heterocycles. The van der Waals surface area contributed by atoms with Crippen molar-refractivity contribution < 1.29 is 18.4 Å². The summed E-state index contributed by atoms with van der Waals surface area (Å²) in [5.74, 6) is -2.24. The van der Waals surface area contributed by atoms with E-state index >= 15 is 0 Å². The van der Waals surface area contributed by atoms with Gasteiger partial charge in [-0.05, 0) is 53.0 Å². The molecule has 1 N–H and O–H groups in total. The minimum absolute atomic E-state index is 0.0631. The van der Waals surface area contributed by atoms with Crippen LogP contribution in [0.2, 0.25) is 0 Å². The summed E-state index contributed by atoms with van der Waals surface area (Å²) in [6, 6.07) is 9.94. The fourth-order valence-corrected chi connectivity index (χ4v) is 3.42. The van der Waals surface area contributed by atoms with Gasteiger partial charge in [0.15, 0.2) is 0 Å². The number of carbonyl (C=O) groups excluding carboxylic acids is 2. The molecule has 0 aliphatic carbocycles. The van der Waals surface area contributed by atoms with E-state index in [9.17, 15) is 18.4 Å². The molecule has 2 aromatic rings. The van der Waals surface area contributed by atoms with E-state index < -0.39 is 17.5 Å². The van der Waals surface area contributed by atoms with Crippen LogP contribution in [0.5, 0.6) is 0 Å². The molecule has 0 aromatic heterocycles. The molecular weight excluding hydrogens is 406 g/mol. The van der Waals surface area contributed by atoms with Gasteiger partial charge in [-0.15, -0.1) is 0 Å². The van der Waals surface area contributed by atoms with Crippen LogP contribution in [0.25, 0.3) is 0 Å². The van der Waals surface area contributed by atoms with Gasteiger partial charge < -0.3 is 10.2 Å². The van der Waals surface area contributed by atoms with Gasteiger partial charge in [0.1, 0.15) is 11.6 Å². The Kier molecular flexibility index (Phi) is 5.66. The van der Waals surface area contributed by atoms with E-state index in [-0.39, 0.29) is 17.5 Å². The van der Waals surface area contributed by atoms with Gasteiger partial charge in [-0.25, -0.2) is 8.78 Å². The maximum Gasteiger partial charge on any atom is 0.254 e. The Morgan fingerprint density at radius 3 is 2.38 bits per heavy atom. The summed E-state index contributed by atoms with van der Waals surface area (Å²) in [6.45, 7) is 0.994. The van der Waals surface area contributed by atoms with Crippen LogP contribution in [-0.2, 0) is 0 Å². The summed E-state index contributed by atoms with van der Waals surface area (Å²) < 4.78 is 27.4. The van der Waals surface area contributed by atoms with Crippen LogP contribution in [0.4, 0.5) is 8.78 Å². The monoisotopic (exact) mass is 422 g/mol. The van der Waals surface area contributed by atoms with Crippen LogP contribution < -0.4 is 5.32 Å². The van der Waals surface area contributed by atoms with Gasteiger partial charge in [0, 0.05) is 29.7 Å². The van der Waals surface area contributed by atoms with E-state index in [0.717, 1.165) is 16.6 Å². The summed E-state index contributed by atoms with van der Waals surface area (Å²) in [4.78, 5) is 26.5. The van der Waals surface area contributed by atoms with Crippen LogP contribution in [-0.4, -0.2) is 35.8 Å². The summed E-state index contributed by atoms with van der Waals surface area (Å²) in [5.41, 5.74) is 0.418. The highest BCUT2D eigenvalue weighted by molar-refractivity contribution is 9.10. The maximum atomic E-state index is 13.7. The van der Waals surface area contributed by atoms with Crippen molar-refractivity contribution in [1.29, 1.82) is 0 Å². The lowest BCUT2D eigenvalue weighted by molar-refractivity contribution is 0.0697. The molecule has 26 heavy (non-hydrogen) atoms. The number of halogens is 3. The van der Waals surface area contributed by atoms with E-state index in [4.69, 9.17) is 0 Å². The third-order valence-corrected chi connectivity index (χ3v) is 5.09. The van der Waals surface area contributed by atoms with E-state index in [1.165, 1.54) is 0 Å². The van der Waals surface area contributed by atoms with Crippen LogP contribution in [0.1, 0.15) is 33.6 Å². The molecular formula is C19H17BrF2N2O2. The first kappa shape index (κ1) is 18.5. The van der Waals surface area contributed by atoms with Gasteiger partial charge in [0.2, 0.25) is 0 Å². The molecule has 1 fully saturated rings. The highest BCUT2D eigenvalue weighted by atomic mass is 79.9. The van der Waals surface area contributed by atoms with Gasteiger partial charge in [0.25, 0.3) is 11.8 Å². The van der Waals surface area contributed by atoms with Crippen LogP contribution >= 0.6 is 15.9 Å². The molecule has 0 radical (unpaired) electrons. The van der Waals surface area contributed by atoms with Gasteiger partial charge in [-0.3, -0.25) is 9.59 Å². The Bertz CT molecular complexity index is 836. The molecule has 1 saturated heterocycles. The van der Waals surface area contributed by atoms with Crippen LogP contribution in [0, 0.1) is 11.6 Å². The molecule has 136 valence electrons. The fourth-order valence-electron chi connectivity index (χ4n) is 2.97. The lowest BCUT2D eigenvalue weighted by Gasteiger charge is -2.32. The first-order valence-electron chi connectivity index (χ1n) is 8.25. The average molecular weight is 423 g/mol. The Balaban J connectivity index is 1.58. The predicted octanol–water partition coefficient (Wildman–Crippen LogP) is 3.76. The van der Waals surface area contributed by atoms with E-state index in [2.05, 4.69) is 21.2 Å². The number of piperidine rings is 1. The predicted molar refractivity (Wildman–Crippen MR) is 96.9 cm³/mol. The topological polar surface area (TPSA) is 49.4 Å². The van der Waals surface area contributed by atoms with Crippen molar-refractivity contribution >= 4 is 27.7 Å². The Morgan fingerprint density at radius 2 is 1.73 bits per heavy atom. The van der Waals surface area contributed by atoms with Crippen molar-refractivity contribution in [3.05, 3.63) is 69.7 Å². The molecule has 0 spiro atoms. The van der Waals surface area contributed by atoms with Crippen molar-refractivity contribution in [2.75, 3.05) is 13.1 Å². The molecule has 3 rings (SSSR count). The lowest BCUT2D eigenvalue weighted by atomic mass is 10.0. The number of benzene rings is 2. The van der Waals surface area contributed by atoms with Crippen molar-refractivity contribution in [3.63, 3.8) is 0 Å². The SMILES string of the molecule is O=C(NC1CCN(C(=O)c2ccccc2Br)CC1)c1ccc(F)cc1F. The fraction of sp³-hybridized carbons (Fsp3) is 0.263. The molecule has 0 saturated carbocycles. The minimum Gasteiger partial charge on any atom is -0.349 e. The highest BCUT2D eigenvalue weighted by Crippen LogP contribution is 2.21. The normalized spacial score (nSPS) is 15.0. The Morgan fingerprint density at radius 1 is 1.04 bits per heavy atom. The van der Waals surface area contributed by atoms with Crippen molar-refractivity contribution in [1.82, 2.24) is 10.2 Å². The van der Waals surface area contributed by atoms with Gasteiger partial charge >= 0.3 is 0 Å². The van der Waals surface area contributed by atoms with E-state index in [0.29, 0.717) is 37.6 Å². The zero-order chi connectivity index (χ0) is 18.7. The zero-order valence-corrected chi connectivity index (χ0v) is 15.4. The smallest absolute Gasteiger partial charge is 0.254 e. The minimum atomic E-state index is -0.885. The Hall–Kier alpha value is -2.28. The van der Waals surface area contributed by atoms with E-state index in [1.54, 1.807) is 11.0 Å². The number of hydrogen-bond acceptors (Lipinski definition) is 2. The molecule has 1 aliphatic rings. The third-order valence-electron chi connectivity index (χ3n) is 4.40. The summed E-state index contributed by atoms with van der Waals surface area (Å²) in [7, 11) is 0. The summed E-state index contributed by atoms with van der Waals surface area (Å²) >= 11 is 3.38. The highest BCUT2D eigenvalue weighted by Gasteiger charge is 2.26. The zero-order valence-electron chi connectivity index (χ0n) is 13.8. The second-order valence-corrected chi connectivity index (χ2v) is 7.00. The van der Waals surface area contributed by atoms with E-state index in [1.807, 2.05) is 18.2 Å². The molecule has 2 amide bonds. The number of nitrogens with one attached hydrogen (secondary N) is 1. The van der Waals surface area contributed by atoms with Crippen LogP contribution in [0.3, 0.4) is 0 Å². The quantitative estimate of drug-likeness (QED) is 0.818. The molecule has 0 unspecified atom stereocenters. The number of rotatable bonds is 3. The van der Waals surface area contributed by atoms with Gasteiger partial charge in [-0.2, -0.15) is 0 Å². The molecule has 4 nitrogen and oxygen atoms in total. The summed E-state index contributed by atoms with van der Waals surface area (Å²) in [6.07, 6.45) is 1.15. The maximum absolute atomic E-state index is 13.7. The molecule has 7 heteroatoms. The van der Waals surface area contributed by atoms with Crippen molar-refractivity contribution in [2.24, 2.45) is 0 Å². The van der Waals surface area contributed by atoms with Crippen molar-refractivity contribution in [3.8, 4) is 0 Å². The second-order valence-electron chi connectivity index (χ2n) is 6.14. The number of nitrogens with zero attached hydrogens (tertiary/aromatic N) is 1. The second kappa shape index (κ2) is 7.95. The first-order chi connectivity index (χ1) is 12.5. The molecule has 0 atom stereocenters. The number of likely N-dealkylation sites (tertiary alicyclic amines) is 1.